The number of aromatic carboxylic acids is 1. The predicted molar refractivity (Wildman–Crippen MR) is 88.3 cm³/mol. The molecule has 0 aliphatic rings. The average Bonchev–Trinajstić information content (AvgIpc) is 2.79. The molecule has 0 saturated heterocycles. The Kier molecular flexibility index (Phi) is 7.89. The maximum Gasteiger partial charge on any atom is 0.347 e. The monoisotopic (exact) mass is 312 g/mol. The van der Waals surface area contributed by atoms with Crippen LogP contribution in [-0.2, 0) is 12.8 Å². The van der Waals surface area contributed by atoms with E-state index in [4.69, 9.17) is 0 Å². The topological polar surface area (TPSA) is 53.4 Å². The summed E-state index contributed by atoms with van der Waals surface area (Å²) in [6.07, 6.45) is 3.89. The highest BCUT2D eigenvalue weighted by atomic mass is 32.1. The van der Waals surface area contributed by atoms with Gasteiger partial charge in [0.25, 0.3) is 0 Å². The van der Waals surface area contributed by atoms with Gasteiger partial charge in [-0.05, 0) is 38.3 Å². The Morgan fingerprint density at radius 1 is 1.24 bits per heavy atom. The van der Waals surface area contributed by atoms with Crippen molar-refractivity contribution in [2.24, 2.45) is 5.92 Å². The Balaban J connectivity index is 2.72. The highest BCUT2D eigenvalue weighted by molar-refractivity contribution is 7.13. The molecule has 1 aromatic heterocycles. The fourth-order valence-electron chi connectivity index (χ4n) is 2.42. The smallest absolute Gasteiger partial charge is 0.347 e. The molecule has 0 bridgehead atoms. The molecule has 0 fully saturated rings. The van der Waals surface area contributed by atoms with E-state index in [1.165, 1.54) is 11.3 Å². The largest absolute Gasteiger partial charge is 0.477 e. The standard InChI is InChI=1S/C16H28N2O2S/c1-5-8-18(9-6-2)10-7-14-17-13(11-12(3)4)15(21-14)16(19)20/h12H,5-11H2,1-4H3,(H,19,20). The molecule has 0 atom stereocenters. The van der Waals surface area contributed by atoms with Crippen molar-refractivity contribution in [3.05, 3.63) is 15.6 Å². The van der Waals surface area contributed by atoms with Crippen molar-refractivity contribution in [3.8, 4) is 0 Å². The lowest BCUT2D eigenvalue weighted by Gasteiger charge is -2.19. The molecule has 120 valence electrons. The number of thiazole rings is 1. The van der Waals surface area contributed by atoms with Crippen LogP contribution in [0, 0.1) is 5.92 Å². The Labute approximate surface area is 132 Å². The first kappa shape index (κ1) is 18.1. The van der Waals surface area contributed by atoms with E-state index in [1.807, 2.05) is 0 Å². The molecule has 0 radical (unpaired) electrons. The summed E-state index contributed by atoms with van der Waals surface area (Å²) in [5.41, 5.74) is 0.759. The van der Waals surface area contributed by atoms with E-state index in [9.17, 15) is 9.90 Å². The molecule has 0 unspecified atom stereocenters. The van der Waals surface area contributed by atoms with Crippen molar-refractivity contribution in [3.63, 3.8) is 0 Å². The minimum absolute atomic E-state index is 0.426. The van der Waals surface area contributed by atoms with Crippen LogP contribution >= 0.6 is 11.3 Å². The first-order valence-electron chi connectivity index (χ1n) is 7.92. The van der Waals surface area contributed by atoms with Gasteiger partial charge in [-0.2, -0.15) is 0 Å². The van der Waals surface area contributed by atoms with Gasteiger partial charge >= 0.3 is 5.97 Å². The maximum absolute atomic E-state index is 11.3. The highest BCUT2D eigenvalue weighted by Gasteiger charge is 2.18. The molecular formula is C16H28N2O2S. The number of hydrogen-bond acceptors (Lipinski definition) is 4. The Hall–Kier alpha value is -0.940. The lowest BCUT2D eigenvalue weighted by atomic mass is 10.1. The molecule has 0 aliphatic carbocycles. The van der Waals surface area contributed by atoms with Gasteiger partial charge in [0.2, 0.25) is 0 Å². The van der Waals surface area contributed by atoms with Crippen LogP contribution in [0.1, 0.15) is 60.9 Å². The van der Waals surface area contributed by atoms with Gasteiger partial charge in [-0.1, -0.05) is 27.7 Å². The van der Waals surface area contributed by atoms with Crippen LogP contribution in [0.15, 0.2) is 0 Å². The maximum atomic E-state index is 11.3. The lowest BCUT2D eigenvalue weighted by molar-refractivity contribution is 0.0700. The third-order valence-electron chi connectivity index (χ3n) is 3.26. The van der Waals surface area contributed by atoms with Crippen LogP contribution in [0.2, 0.25) is 0 Å². The molecule has 1 rings (SSSR count). The van der Waals surface area contributed by atoms with E-state index in [0.717, 1.165) is 56.0 Å². The zero-order chi connectivity index (χ0) is 15.8. The first-order valence-corrected chi connectivity index (χ1v) is 8.73. The Morgan fingerprint density at radius 2 is 1.86 bits per heavy atom. The van der Waals surface area contributed by atoms with Crippen molar-refractivity contribution in [2.75, 3.05) is 19.6 Å². The van der Waals surface area contributed by atoms with Gasteiger partial charge in [0, 0.05) is 13.0 Å². The molecule has 21 heavy (non-hydrogen) atoms. The van der Waals surface area contributed by atoms with Crippen molar-refractivity contribution >= 4 is 17.3 Å². The summed E-state index contributed by atoms with van der Waals surface area (Å²) >= 11 is 1.35. The summed E-state index contributed by atoms with van der Waals surface area (Å²) in [4.78, 5) is 18.8. The second kappa shape index (κ2) is 9.15. The number of carbonyl (C=O) groups is 1. The van der Waals surface area contributed by atoms with Crippen molar-refractivity contribution < 1.29 is 9.90 Å². The third kappa shape index (κ3) is 6.14. The zero-order valence-corrected chi connectivity index (χ0v) is 14.5. The second-order valence-electron chi connectivity index (χ2n) is 5.88. The second-order valence-corrected chi connectivity index (χ2v) is 6.96. The van der Waals surface area contributed by atoms with Crippen LogP contribution in [-0.4, -0.2) is 40.6 Å². The van der Waals surface area contributed by atoms with Crippen LogP contribution in [0.5, 0.6) is 0 Å². The molecule has 1 aromatic rings. The molecular weight excluding hydrogens is 284 g/mol. The molecule has 5 heteroatoms. The van der Waals surface area contributed by atoms with Gasteiger partial charge in [0.05, 0.1) is 10.7 Å². The van der Waals surface area contributed by atoms with E-state index >= 15 is 0 Å². The normalized spacial score (nSPS) is 11.5. The van der Waals surface area contributed by atoms with Crippen LogP contribution in [0.4, 0.5) is 0 Å². The number of carboxylic acids is 1. The molecule has 4 nitrogen and oxygen atoms in total. The summed E-state index contributed by atoms with van der Waals surface area (Å²) in [6, 6.07) is 0. The van der Waals surface area contributed by atoms with Crippen molar-refractivity contribution in [1.29, 1.82) is 0 Å². The summed E-state index contributed by atoms with van der Waals surface area (Å²) < 4.78 is 0. The molecule has 0 spiro atoms. The van der Waals surface area contributed by atoms with Gasteiger partial charge in [0.1, 0.15) is 4.88 Å². The minimum atomic E-state index is -0.839. The van der Waals surface area contributed by atoms with Crippen LogP contribution < -0.4 is 0 Å². The molecule has 1 N–H and O–H groups in total. The number of hydrogen-bond donors (Lipinski definition) is 1. The zero-order valence-electron chi connectivity index (χ0n) is 13.7. The first-order chi connectivity index (χ1) is 9.97. The number of nitrogens with zero attached hydrogens (tertiary/aromatic N) is 2. The van der Waals surface area contributed by atoms with Gasteiger partial charge in [-0.3, -0.25) is 0 Å². The van der Waals surface area contributed by atoms with Crippen LogP contribution in [0.25, 0.3) is 0 Å². The summed E-state index contributed by atoms with van der Waals surface area (Å²) in [6.45, 7) is 11.7. The molecule has 0 aliphatic heterocycles. The molecule has 0 aromatic carbocycles. The fraction of sp³-hybridized carbons (Fsp3) is 0.750. The minimum Gasteiger partial charge on any atom is -0.477 e. The van der Waals surface area contributed by atoms with E-state index < -0.39 is 5.97 Å². The van der Waals surface area contributed by atoms with E-state index in [0.29, 0.717) is 10.8 Å². The summed E-state index contributed by atoms with van der Waals surface area (Å²) in [7, 11) is 0. The molecule has 0 saturated carbocycles. The van der Waals surface area contributed by atoms with Crippen molar-refractivity contribution in [1.82, 2.24) is 9.88 Å². The summed E-state index contributed by atoms with van der Waals surface area (Å²) in [5, 5.41) is 10.3. The van der Waals surface area contributed by atoms with Crippen molar-refractivity contribution in [2.45, 2.75) is 53.4 Å². The van der Waals surface area contributed by atoms with Gasteiger partial charge < -0.3 is 10.0 Å². The average molecular weight is 312 g/mol. The quantitative estimate of drug-likeness (QED) is 0.715. The number of rotatable bonds is 10. The third-order valence-corrected chi connectivity index (χ3v) is 4.40. The molecule has 0 amide bonds. The SMILES string of the molecule is CCCN(CCC)CCc1nc(CC(C)C)c(C(=O)O)s1. The number of aromatic nitrogens is 1. The van der Waals surface area contributed by atoms with Crippen LogP contribution in [0.3, 0.4) is 0 Å². The highest BCUT2D eigenvalue weighted by Crippen LogP contribution is 2.22. The van der Waals surface area contributed by atoms with Gasteiger partial charge in [-0.15, -0.1) is 11.3 Å². The van der Waals surface area contributed by atoms with Gasteiger partial charge in [-0.25, -0.2) is 9.78 Å². The number of carboxylic acid groups (broad SMARTS) is 1. The van der Waals surface area contributed by atoms with E-state index in [2.05, 4.69) is 37.6 Å². The molecule has 1 heterocycles. The van der Waals surface area contributed by atoms with E-state index in [-0.39, 0.29) is 0 Å². The fourth-order valence-corrected chi connectivity index (χ4v) is 3.34. The lowest BCUT2D eigenvalue weighted by Crippen LogP contribution is -2.27. The predicted octanol–water partition coefficient (Wildman–Crippen LogP) is 3.70. The van der Waals surface area contributed by atoms with Gasteiger partial charge in [0.15, 0.2) is 0 Å². The Bertz CT molecular complexity index is 437. The Morgan fingerprint density at radius 3 is 2.33 bits per heavy atom. The van der Waals surface area contributed by atoms with E-state index in [1.54, 1.807) is 0 Å². The summed E-state index contributed by atoms with van der Waals surface area (Å²) in [5.74, 6) is -0.414.